The second-order valence-corrected chi connectivity index (χ2v) is 6.88. The Morgan fingerprint density at radius 3 is 2.62 bits per heavy atom. The van der Waals surface area contributed by atoms with Gasteiger partial charge in [-0.25, -0.2) is 9.59 Å². The highest BCUT2D eigenvalue weighted by atomic mass is 16.5. The number of urea groups is 1. The molecule has 1 N–H and O–H groups in total. The van der Waals surface area contributed by atoms with Gasteiger partial charge in [0.15, 0.2) is 0 Å². The molecule has 152 valence electrons. The summed E-state index contributed by atoms with van der Waals surface area (Å²) < 4.78 is 7.09. The minimum absolute atomic E-state index is 0.268. The molecule has 1 saturated heterocycles. The molecular weight excluding hydrogens is 370 g/mol. The van der Waals surface area contributed by atoms with Gasteiger partial charge in [-0.05, 0) is 63.1 Å². The number of hydrogen-bond donors (Lipinski definition) is 1. The van der Waals surface area contributed by atoms with Gasteiger partial charge in [0.2, 0.25) is 0 Å². The van der Waals surface area contributed by atoms with Crippen molar-refractivity contribution in [3.05, 3.63) is 58.5 Å². The molecule has 2 heterocycles. The van der Waals surface area contributed by atoms with Crippen LogP contribution in [0.25, 0.3) is 11.8 Å². The summed E-state index contributed by atoms with van der Waals surface area (Å²) in [6.07, 6.45) is 2.40. The van der Waals surface area contributed by atoms with Crippen LogP contribution in [-0.2, 0) is 9.53 Å². The number of benzene rings is 1. The van der Waals surface area contributed by atoms with Gasteiger partial charge in [-0.2, -0.15) is 0 Å². The number of nitrogens with one attached hydrogen (secondary N) is 1. The molecule has 1 aliphatic heterocycles. The van der Waals surface area contributed by atoms with Crippen molar-refractivity contribution in [1.82, 2.24) is 14.8 Å². The molecular formula is C22H25N3O4. The van der Waals surface area contributed by atoms with Crippen LogP contribution in [0.5, 0.6) is 0 Å². The van der Waals surface area contributed by atoms with E-state index in [1.54, 1.807) is 25.1 Å². The van der Waals surface area contributed by atoms with Crippen LogP contribution >= 0.6 is 0 Å². The largest absolute Gasteiger partial charge is 0.462 e. The Morgan fingerprint density at radius 1 is 1.17 bits per heavy atom. The quantitative estimate of drug-likeness (QED) is 0.461. The fraction of sp³-hybridized carbons (Fsp3) is 0.318. The predicted molar refractivity (Wildman–Crippen MR) is 110 cm³/mol. The lowest BCUT2D eigenvalue weighted by Crippen LogP contribution is -2.31. The zero-order valence-corrected chi connectivity index (χ0v) is 17.1. The number of ether oxygens (including phenoxy) is 1. The predicted octanol–water partition coefficient (Wildman–Crippen LogP) is 3.57. The van der Waals surface area contributed by atoms with Gasteiger partial charge >= 0.3 is 12.0 Å². The molecule has 0 aliphatic carbocycles. The maximum absolute atomic E-state index is 12.5. The van der Waals surface area contributed by atoms with Crippen molar-refractivity contribution < 1.29 is 19.1 Å². The van der Waals surface area contributed by atoms with Gasteiger partial charge in [0, 0.05) is 23.6 Å². The summed E-state index contributed by atoms with van der Waals surface area (Å²) in [4.78, 5) is 37.8. The second-order valence-electron chi connectivity index (χ2n) is 6.88. The van der Waals surface area contributed by atoms with E-state index in [1.165, 1.54) is 4.90 Å². The second kappa shape index (κ2) is 8.34. The third kappa shape index (κ3) is 3.94. The van der Waals surface area contributed by atoms with Crippen molar-refractivity contribution in [2.24, 2.45) is 0 Å². The van der Waals surface area contributed by atoms with Crippen LogP contribution in [-0.4, -0.2) is 40.5 Å². The molecule has 0 radical (unpaired) electrons. The summed E-state index contributed by atoms with van der Waals surface area (Å²) in [5.74, 6) is -0.680. The number of carbonyl (C=O) groups is 3. The van der Waals surface area contributed by atoms with Crippen molar-refractivity contribution in [1.29, 1.82) is 0 Å². The Labute approximate surface area is 169 Å². The zero-order chi connectivity index (χ0) is 21.1. The van der Waals surface area contributed by atoms with Crippen molar-refractivity contribution in [2.45, 2.75) is 34.1 Å². The summed E-state index contributed by atoms with van der Waals surface area (Å²) in [7, 11) is 0. The standard InChI is InChI=1S/C22H25N3O4/c1-5-10-24-20(26)19(23-22(24)28)13-17-11-14(3)25(15(17)4)18-9-7-8-16(12-18)21(27)29-6-2/h7-9,11-13H,5-6,10H2,1-4H3,(H,23,28)/b19-13+. The molecule has 3 rings (SSSR count). The summed E-state index contributed by atoms with van der Waals surface area (Å²) in [5, 5.41) is 2.65. The number of esters is 1. The number of rotatable bonds is 6. The van der Waals surface area contributed by atoms with Gasteiger partial charge in [-0.3, -0.25) is 9.69 Å². The number of aryl methyl sites for hydroxylation is 1. The third-order valence-electron chi connectivity index (χ3n) is 4.80. The molecule has 29 heavy (non-hydrogen) atoms. The van der Waals surface area contributed by atoms with Crippen molar-refractivity contribution in [3.63, 3.8) is 0 Å². The molecule has 0 saturated carbocycles. The number of carbonyl (C=O) groups excluding carboxylic acids is 3. The normalized spacial score (nSPS) is 15.2. The molecule has 0 unspecified atom stereocenters. The highest BCUT2D eigenvalue weighted by Gasteiger charge is 2.32. The maximum atomic E-state index is 12.5. The molecule has 1 fully saturated rings. The van der Waals surface area contributed by atoms with Crippen LogP contribution < -0.4 is 5.32 Å². The van der Waals surface area contributed by atoms with E-state index in [0.717, 1.165) is 22.6 Å². The molecule has 2 aromatic rings. The third-order valence-corrected chi connectivity index (χ3v) is 4.80. The van der Waals surface area contributed by atoms with E-state index in [0.29, 0.717) is 25.1 Å². The van der Waals surface area contributed by atoms with Crippen LogP contribution in [0.2, 0.25) is 0 Å². The number of imide groups is 1. The number of nitrogens with zero attached hydrogens (tertiary/aromatic N) is 2. The zero-order valence-electron chi connectivity index (χ0n) is 17.1. The van der Waals surface area contributed by atoms with Crippen LogP contribution in [0, 0.1) is 13.8 Å². The Balaban J connectivity index is 1.96. The summed E-state index contributed by atoms with van der Waals surface area (Å²) >= 11 is 0. The van der Waals surface area contributed by atoms with Crippen LogP contribution in [0.15, 0.2) is 36.0 Å². The van der Waals surface area contributed by atoms with Gasteiger partial charge in [0.05, 0.1) is 12.2 Å². The first-order valence-corrected chi connectivity index (χ1v) is 9.68. The fourth-order valence-corrected chi connectivity index (χ4v) is 3.47. The lowest BCUT2D eigenvalue weighted by atomic mass is 10.2. The first kappa shape index (κ1) is 20.4. The average Bonchev–Trinajstić information content (AvgIpc) is 3.12. The van der Waals surface area contributed by atoms with E-state index in [4.69, 9.17) is 4.74 Å². The molecule has 3 amide bonds. The van der Waals surface area contributed by atoms with E-state index >= 15 is 0 Å². The maximum Gasteiger partial charge on any atom is 0.338 e. The highest BCUT2D eigenvalue weighted by Crippen LogP contribution is 2.24. The first-order valence-electron chi connectivity index (χ1n) is 9.68. The van der Waals surface area contributed by atoms with Crippen LogP contribution in [0.3, 0.4) is 0 Å². The van der Waals surface area contributed by atoms with Gasteiger partial charge < -0.3 is 14.6 Å². The van der Waals surface area contributed by atoms with Crippen LogP contribution in [0.1, 0.15) is 47.6 Å². The van der Waals surface area contributed by atoms with Gasteiger partial charge in [0.1, 0.15) is 5.70 Å². The Morgan fingerprint density at radius 2 is 1.93 bits per heavy atom. The van der Waals surface area contributed by atoms with Gasteiger partial charge in [-0.1, -0.05) is 13.0 Å². The Hall–Kier alpha value is -3.35. The van der Waals surface area contributed by atoms with Gasteiger partial charge in [-0.15, -0.1) is 0 Å². The Kier molecular flexibility index (Phi) is 5.87. The van der Waals surface area contributed by atoms with E-state index in [1.807, 2.05) is 43.5 Å². The van der Waals surface area contributed by atoms with Crippen LogP contribution in [0.4, 0.5) is 4.79 Å². The van der Waals surface area contributed by atoms with E-state index in [-0.39, 0.29) is 23.6 Å². The van der Waals surface area contributed by atoms with E-state index in [9.17, 15) is 14.4 Å². The minimum atomic E-state index is -0.390. The van der Waals surface area contributed by atoms with E-state index < -0.39 is 0 Å². The Bertz CT molecular complexity index is 1000. The minimum Gasteiger partial charge on any atom is -0.462 e. The SMILES string of the molecule is CCCN1C(=O)N/C(=C/c2cc(C)n(-c3cccc(C(=O)OCC)c3)c2C)C1=O. The van der Waals surface area contributed by atoms with Gasteiger partial charge in [0.25, 0.3) is 5.91 Å². The van der Waals surface area contributed by atoms with E-state index in [2.05, 4.69) is 5.32 Å². The number of hydrogen-bond acceptors (Lipinski definition) is 4. The van der Waals surface area contributed by atoms with Crippen molar-refractivity contribution in [2.75, 3.05) is 13.2 Å². The lowest BCUT2D eigenvalue weighted by molar-refractivity contribution is -0.122. The summed E-state index contributed by atoms with van der Waals surface area (Å²) in [6, 6.07) is 8.77. The molecule has 1 aromatic carbocycles. The molecule has 1 aliphatic rings. The highest BCUT2D eigenvalue weighted by molar-refractivity contribution is 6.14. The van der Waals surface area contributed by atoms with Crippen molar-refractivity contribution in [3.8, 4) is 5.69 Å². The smallest absolute Gasteiger partial charge is 0.338 e. The number of amides is 3. The molecule has 7 nitrogen and oxygen atoms in total. The summed E-state index contributed by atoms with van der Waals surface area (Å²) in [6.45, 7) is 8.28. The molecule has 0 atom stereocenters. The molecule has 1 aromatic heterocycles. The molecule has 0 spiro atoms. The monoisotopic (exact) mass is 395 g/mol. The summed E-state index contributed by atoms with van der Waals surface area (Å²) in [5.41, 5.74) is 4.23. The lowest BCUT2D eigenvalue weighted by Gasteiger charge is -2.11. The average molecular weight is 395 g/mol. The topological polar surface area (TPSA) is 80.6 Å². The number of aromatic nitrogens is 1. The fourth-order valence-electron chi connectivity index (χ4n) is 3.47. The molecule has 7 heteroatoms. The van der Waals surface area contributed by atoms with Crippen molar-refractivity contribution >= 4 is 24.0 Å². The first-order chi connectivity index (χ1) is 13.9. The molecule has 0 bridgehead atoms.